The fourth-order valence-electron chi connectivity index (χ4n) is 5.22. The Balaban J connectivity index is 1.14. The summed E-state index contributed by atoms with van der Waals surface area (Å²) in [5.41, 5.74) is 1.65. The van der Waals surface area contributed by atoms with Gasteiger partial charge in [-0.25, -0.2) is 19.9 Å². The van der Waals surface area contributed by atoms with Crippen LogP contribution in [0.2, 0.25) is 0 Å². The second kappa shape index (κ2) is 12.3. The van der Waals surface area contributed by atoms with E-state index in [9.17, 15) is 0 Å². The standard InChI is InChI=1S/C38H25N5O4/c1-3-18-39-36(12-1)46-28-10-5-8-26(22-28)44-30-14-16-32-33-17-15-31(25-35(33)43(34(32)24-30)38-41-20-7-21-42-38)45-27-9-6-11-29(23-27)47-37-13-2-4-19-40-37/h1-25H/i7D. The van der Waals surface area contributed by atoms with Crippen LogP contribution in [0.1, 0.15) is 1.37 Å². The molecule has 0 atom stereocenters. The molecule has 9 heteroatoms. The molecular weight excluding hydrogens is 590 g/mol. The highest BCUT2D eigenvalue weighted by atomic mass is 16.5. The lowest BCUT2D eigenvalue weighted by atomic mass is 10.1. The van der Waals surface area contributed by atoms with Gasteiger partial charge in [0.05, 0.1) is 12.4 Å². The molecule has 0 aliphatic carbocycles. The van der Waals surface area contributed by atoms with Gasteiger partial charge in [0.2, 0.25) is 17.7 Å². The number of pyridine rings is 2. The molecule has 47 heavy (non-hydrogen) atoms. The van der Waals surface area contributed by atoms with E-state index in [1.54, 1.807) is 24.5 Å². The van der Waals surface area contributed by atoms with E-state index in [1.807, 2.05) is 114 Å². The van der Waals surface area contributed by atoms with Crippen molar-refractivity contribution in [2.24, 2.45) is 0 Å². The number of nitrogens with zero attached hydrogens (tertiary/aromatic N) is 5. The first-order valence-corrected chi connectivity index (χ1v) is 14.8. The van der Waals surface area contributed by atoms with Crippen LogP contribution < -0.4 is 18.9 Å². The molecule has 0 spiro atoms. The molecule has 8 aromatic rings. The van der Waals surface area contributed by atoms with Crippen molar-refractivity contribution in [1.29, 1.82) is 0 Å². The monoisotopic (exact) mass is 616 g/mol. The molecule has 4 heterocycles. The number of hydrogen-bond acceptors (Lipinski definition) is 8. The Kier molecular flexibility index (Phi) is 6.99. The van der Waals surface area contributed by atoms with Crippen LogP contribution in [-0.4, -0.2) is 24.5 Å². The Morgan fingerprint density at radius 3 is 1.36 bits per heavy atom. The highest BCUT2D eigenvalue weighted by molar-refractivity contribution is 6.09. The van der Waals surface area contributed by atoms with Crippen LogP contribution in [0.3, 0.4) is 0 Å². The summed E-state index contributed by atoms with van der Waals surface area (Å²) in [6, 6.07) is 37.7. The fraction of sp³-hybridized carbons (Fsp3) is 0. The Labute approximate surface area is 270 Å². The van der Waals surface area contributed by atoms with Gasteiger partial charge in [0.15, 0.2) is 0 Å². The first kappa shape index (κ1) is 26.6. The quantitative estimate of drug-likeness (QED) is 0.158. The Bertz CT molecular complexity index is 2220. The van der Waals surface area contributed by atoms with Crippen LogP contribution in [0.15, 0.2) is 152 Å². The topological polar surface area (TPSA) is 93.4 Å². The van der Waals surface area contributed by atoms with Crippen LogP contribution in [0, 0.1) is 0 Å². The van der Waals surface area contributed by atoms with Gasteiger partial charge in [0.25, 0.3) is 0 Å². The molecule has 0 unspecified atom stereocenters. The molecular formula is C38H25N5O4. The molecule has 0 N–H and O–H groups in total. The summed E-state index contributed by atoms with van der Waals surface area (Å²) in [6.07, 6.45) is 6.30. The molecule has 4 aromatic heterocycles. The van der Waals surface area contributed by atoms with Crippen molar-refractivity contribution < 1.29 is 20.3 Å². The molecule has 4 aromatic carbocycles. The van der Waals surface area contributed by atoms with Gasteiger partial charge in [-0.05, 0) is 66.7 Å². The smallest absolute Gasteiger partial charge is 0.234 e. The third-order valence-corrected chi connectivity index (χ3v) is 7.22. The van der Waals surface area contributed by atoms with E-state index in [0.717, 1.165) is 21.8 Å². The van der Waals surface area contributed by atoms with Gasteiger partial charge in [0, 0.05) is 72.0 Å². The molecule has 0 aliphatic heterocycles. The summed E-state index contributed by atoms with van der Waals surface area (Å²) in [4.78, 5) is 17.4. The van der Waals surface area contributed by atoms with Crippen molar-refractivity contribution in [3.8, 4) is 52.2 Å². The Morgan fingerprint density at radius 2 is 0.894 bits per heavy atom. The lowest BCUT2D eigenvalue weighted by Gasteiger charge is -2.10. The number of fused-ring (bicyclic) bond motifs is 3. The third-order valence-electron chi connectivity index (χ3n) is 7.22. The average molecular weight is 617 g/mol. The van der Waals surface area contributed by atoms with E-state index in [0.29, 0.717) is 52.2 Å². The van der Waals surface area contributed by atoms with Crippen molar-refractivity contribution in [1.82, 2.24) is 24.5 Å². The molecule has 0 fully saturated rings. The minimum Gasteiger partial charge on any atom is -0.457 e. The van der Waals surface area contributed by atoms with Crippen LogP contribution >= 0.6 is 0 Å². The summed E-state index contributed by atoms with van der Waals surface area (Å²) in [7, 11) is 0. The second-order valence-electron chi connectivity index (χ2n) is 10.4. The summed E-state index contributed by atoms with van der Waals surface area (Å²) in [6.45, 7) is 0. The summed E-state index contributed by atoms with van der Waals surface area (Å²) in [5.74, 6) is 5.03. The second-order valence-corrected chi connectivity index (χ2v) is 10.4. The van der Waals surface area contributed by atoms with Gasteiger partial charge in [-0.15, -0.1) is 0 Å². The molecule has 0 saturated heterocycles. The lowest BCUT2D eigenvalue weighted by Crippen LogP contribution is -2.00. The molecule has 8 rings (SSSR count). The number of hydrogen-bond donors (Lipinski definition) is 0. The summed E-state index contributed by atoms with van der Waals surface area (Å²) >= 11 is 0. The van der Waals surface area contributed by atoms with Crippen LogP contribution in [0.4, 0.5) is 0 Å². The molecule has 0 aliphatic rings. The van der Waals surface area contributed by atoms with E-state index in [-0.39, 0.29) is 6.04 Å². The van der Waals surface area contributed by atoms with Crippen molar-refractivity contribution in [3.63, 3.8) is 0 Å². The SMILES string of the molecule is [2H]c1cnc(-n2c3cc(Oc4cccc(Oc5ccccn5)c4)ccc3c3ccc(Oc4cccc(Oc5ccccn5)c4)cc32)nc1. The highest BCUT2D eigenvalue weighted by Crippen LogP contribution is 2.38. The fourth-order valence-corrected chi connectivity index (χ4v) is 5.22. The number of aromatic nitrogens is 5. The average Bonchev–Trinajstić information content (AvgIpc) is 3.42. The maximum atomic E-state index is 7.94. The van der Waals surface area contributed by atoms with E-state index in [4.69, 9.17) is 20.3 Å². The van der Waals surface area contributed by atoms with Crippen molar-refractivity contribution >= 4 is 21.8 Å². The van der Waals surface area contributed by atoms with E-state index >= 15 is 0 Å². The van der Waals surface area contributed by atoms with Gasteiger partial charge in [0.1, 0.15) is 34.5 Å². The maximum absolute atomic E-state index is 7.94. The summed E-state index contributed by atoms with van der Waals surface area (Å²) < 4.78 is 34.3. The van der Waals surface area contributed by atoms with Gasteiger partial charge in [-0.1, -0.05) is 24.3 Å². The van der Waals surface area contributed by atoms with Crippen LogP contribution in [-0.2, 0) is 0 Å². The van der Waals surface area contributed by atoms with Crippen molar-refractivity contribution in [2.45, 2.75) is 0 Å². The van der Waals surface area contributed by atoms with Crippen LogP contribution in [0.25, 0.3) is 27.8 Å². The van der Waals surface area contributed by atoms with Crippen molar-refractivity contribution in [3.05, 3.63) is 152 Å². The summed E-state index contributed by atoms with van der Waals surface area (Å²) in [5, 5.41) is 1.95. The Morgan fingerprint density at radius 1 is 0.426 bits per heavy atom. The maximum Gasteiger partial charge on any atom is 0.234 e. The molecule has 226 valence electrons. The van der Waals surface area contributed by atoms with E-state index < -0.39 is 0 Å². The van der Waals surface area contributed by atoms with Gasteiger partial charge >= 0.3 is 0 Å². The third kappa shape index (κ3) is 6.01. The predicted octanol–water partition coefficient (Wildman–Crippen LogP) is 9.53. The first-order chi connectivity index (χ1) is 23.6. The highest BCUT2D eigenvalue weighted by Gasteiger charge is 2.16. The number of benzene rings is 4. The first-order valence-electron chi connectivity index (χ1n) is 15.3. The zero-order chi connectivity index (χ0) is 32.3. The van der Waals surface area contributed by atoms with Crippen LogP contribution in [0.5, 0.6) is 46.3 Å². The lowest BCUT2D eigenvalue weighted by molar-refractivity contribution is 0.448. The van der Waals surface area contributed by atoms with Gasteiger partial charge < -0.3 is 18.9 Å². The van der Waals surface area contributed by atoms with E-state index in [2.05, 4.69) is 19.9 Å². The van der Waals surface area contributed by atoms with E-state index in [1.165, 1.54) is 12.4 Å². The normalized spacial score (nSPS) is 11.3. The van der Waals surface area contributed by atoms with Gasteiger partial charge in [-0.3, -0.25) is 4.57 Å². The minimum atomic E-state index is 0.216. The molecule has 9 nitrogen and oxygen atoms in total. The zero-order valence-corrected chi connectivity index (χ0v) is 24.7. The molecule has 0 saturated carbocycles. The largest absolute Gasteiger partial charge is 0.457 e. The molecule has 0 amide bonds. The predicted molar refractivity (Wildman–Crippen MR) is 178 cm³/mol. The molecule has 0 radical (unpaired) electrons. The number of ether oxygens (including phenoxy) is 4. The minimum absolute atomic E-state index is 0.216. The molecule has 0 bridgehead atoms. The zero-order valence-electron chi connectivity index (χ0n) is 25.7. The van der Waals surface area contributed by atoms with Gasteiger partial charge in [-0.2, -0.15) is 0 Å². The number of rotatable bonds is 9. The van der Waals surface area contributed by atoms with Crippen molar-refractivity contribution in [2.75, 3.05) is 0 Å². The Hall–Kier alpha value is -6.74.